The topological polar surface area (TPSA) is 92.2 Å². The highest BCUT2D eigenvalue weighted by Crippen LogP contribution is 2.39. The number of aromatic nitrogens is 3. The summed E-state index contributed by atoms with van der Waals surface area (Å²) >= 11 is 0. The quantitative estimate of drug-likeness (QED) is 0.364. The summed E-state index contributed by atoms with van der Waals surface area (Å²) < 4.78 is 69.2. The zero-order valence-corrected chi connectivity index (χ0v) is 18.7. The van der Waals surface area contributed by atoms with Crippen LogP contribution in [0.1, 0.15) is 11.1 Å². The number of aromatic hydroxyl groups is 1. The fourth-order valence-electron chi connectivity index (χ4n) is 4.47. The molecular formula is C24H21F5N6O. The third-order valence-electron chi connectivity index (χ3n) is 6.23. The van der Waals surface area contributed by atoms with Crippen LogP contribution in [0.2, 0.25) is 0 Å². The minimum atomic E-state index is -5.17. The van der Waals surface area contributed by atoms with E-state index in [9.17, 15) is 27.1 Å². The molecule has 0 amide bonds. The van der Waals surface area contributed by atoms with Crippen LogP contribution in [-0.2, 0) is 12.6 Å². The van der Waals surface area contributed by atoms with Gasteiger partial charge in [-0.2, -0.15) is 13.2 Å². The molecular weight excluding hydrogens is 483 g/mol. The molecule has 0 spiro atoms. The molecule has 188 valence electrons. The number of nitrogens with two attached hydrogens (primary N) is 1. The summed E-state index contributed by atoms with van der Waals surface area (Å²) in [5.41, 5.74) is 4.66. The molecule has 12 heteroatoms. The fourth-order valence-corrected chi connectivity index (χ4v) is 4.47. The lowest BCUT2D eigenvalue weighted by atomic mass is 10.0. The minimum absolute atomic E-state index is 0.0724. The van der Waals surface area contributed by atoms with Crippen molar-refractivity contribution < 1.29 is 27.1 Å². The third kappa shape index (κ3) is 4.17. The van der Waals surface area contributed by atoms with Gasteiger partial charge >= 0.3 is 6.18 Å². The van der Waals surface area contributed by atoms with Gasteiger partial charge in [-0.25, -0.2) is 18.4 Å². The molecule has 1 aliphatic rings. The van der Waals surface area contributed by atoms with Crippen LogP contribution >= 0.6 is 0 Å². The number of piperazine rings is 1. The summed E-state index contributed by atoms with van der Waals surface area (Å²) in [4.78, 5) is 6.57. The van der Waals surface area contributed by atoms with Crippen molar-refractivity contribution in [1.82, 2.24) is 20.1 Å². The van der Waals surface area contributed by atoms with E-state index in [4.69, 9.17) is 5.73 Å². The second-order valence-corrected chi connectivity index (χ2v) is 8.52. The summed E-state index contributed by atoms with van der Waals surface area (Å²) in [5.74, 6) is -4.96. The average molecular weight is 504 g/mol. The van der Waals surface area contributed by atoms with E-state index in [0.717, 1.165) is 23.2 Å². The monoisotopic (exact) mass is 504 g/mol. The molecule has 0 unspecified atom stereocenters. The van der Waals surface area contributed by atoms with Gasteiger partial charge in [0.25, 0.3) is 0 Å². The molecule has 2 aromatic heterocycles. The van der Waals surface area contributed by atoms with Crippen LogP contribution in [0.25, 0.3) is 16.6 Å². The number of hydrogen-bond donors (Lipinski definition) is 3. The fraction of sp³-hybridized carbons (Fsp3) is 0.250. The van der Waals surface area contributed by atoms with Gasteiger partial charge in [0.15, 0.2) is 23.2 Å². The van der Waals surface area contributed by atoms with Crippen LogP contribution in [0.3, 0.4) is 0 Å². The highest BCUT2D eigenvalue weighted by atomic mass is 19.4. The number of nitrogens with zero attached hydrogens (tertiary/aromatic N) is 4. The second-order valence-electron chi connectivity index (χ2n) is 8.52. The summed E-state index contributed by atoms with van der Waals surface area (Å²) in [6, 6.07) is 11.9. The largest absolute Gasteiger partial charge is 0.503 e. The molecule has 2 aromatic carbocycles. The average Bonchev–Trinajstić information content (AvgIpc) is 3.18. The van der Waals surface area contributed by atoms with E-state index in [0.29, 0.717) is 24.3 Å². The molecule has 7 nitrogen and oxygen atoms in total. The number of phenolic OH excluding ortho intramolecular Hbond substituents is 1. The number of benzene rings is 2. The number of nitrogens with one attached hydrogen (secondary N) is 1. The molecule has 0 saturated carbocycles. The molecule has 1 aliphatic heterocycles. The van der Waals surface area contributed by atoms with Gasteiger partial charge in [0.2, 0.25) is 0 Å². The summed E-state index contributed by atoms with van der Waals surface area (Å²) in [7, 11) is 0. The molecule has 0 radical (unpaired) electrons. The molecule has 1 fully saturated rings. The maximum atomic E-state index is 14.7. The molecule has 0 bridgehead atoms. The van der Waals surface area contributed by atoms with E-state index < -0.39 is 34.8 Å². The summed E-state index contributed by atoms with van der Waals surface area (Å²) in [6.45, 7) is 2.09. The predicted octanol–water partition coefficient (Wildman–Crippen LogP) is 4.03. The van der Waals surface area contributed by atoms with Crippen molar-refractivity contribution >= 4 is 22.5 Å². The number of halogens is 5. The van der Waals surface area contributed by atoms with Gasteiger partial charge in [0, 0.05) is 31.1 Å². The first kappa shape index (κ1) is 23.8. The number of alkyl halides is 3. The van der Waals surface area contributed by atoms with E-state index >= 15 is 0 Å². The molecule has 5 rings (SSSR count). The summed E-state index contributed by atoms with van der Waals surface area (Å²) in [5, 5.41) is 17.3. The second kappa shape index (κ2) is 8.94. The Bertz CT molecular complexity index is 1420. The van der Waals surface area contributed by atoms with E-state index in [1.54, 1.807) is 6.07 Å². The number of anilines is 2. The standard InChI is InChI=1S/C24H21F5N6O/c25-20-16(24(27,28)29)10-17(21(26)22(20)36)35-18-12-32-19(9-15(18)23(30)33-35)34-7-6-31-11-14(34)8-13-4-2-1-3-5-13/h1-5,9-10,12,14,31,36H,6-8,11H2,(H2,30,33)/t14-/m1/s1. The van der Waals surface area contributed by atoms with Crippen LogP contribution in [-0.4, -0.2) is 45.5 Å². The van der Waals surface area contributed by atoms with Crippen molar-refractivity contribution in [3.05, 3.63) is 71.4 Å². The number of hydrogen-bond acceptors (Lipinski definition) is 6. The normalized spacial score (nSPS) is 16.6. The predicted molar refractivity (Wildman–Crippen MR) is 124 cm³/mol. The van der Waals surface area contributed by atoms with Gasteiger partial charge in [0.05, 0.1) is 17.3 Å². The van der Waals surface area contributed by atoms with Crippen LogP contribution < -0.4 is 16.0 Å². The SMILES string of the molecule is Nc1nn(-c2cc(C(F)(F)F)c(F)c(O)c2F)c2cnc(N3CCNC[C@H]3Cc3ccccc3)cc12. The smallest absolute Gasteiger partial charge is 0.419 e. The minimum Gasteiger partial charge on any atom is -0.503 e. The molecule has 4 N–H and O–H groups in total. The Balaban J connectivity index is 1.56. The van der Waals surface area contributed by atoms with Crippen molar-refractivity contribution in [2.75, 3.05) is 30.3 Å². The molecule has 3 heterocycles. The van der Waals surface area contributed by atoms with E-state index in [1.165, 1.54) is 6.20 Å². The molecule has 4 aromatic rings. The highest BCUT2D eigenvalue weighted by molar-refractivity contribution is 5.91. The lowest BCUT2D eigenvalue weighted by Crippen LogP contribution is -2.52. The molecule has 1 saturated heterocycles. The van der Waals surface area contributed by atoms with Crippen LogP contribution in [0, 0.1) is 11.6 Å². The summed E-state index contributed by atoms with van der Waals surface area (Å²) in [6.07, 6.45) is -3.09. The van der Waals surface area contributed by atoms with Crippen LogP contribution in [0.5, 0.6) is 5.75 Å². The van der Waals surface area contributed by atoms with Crippen LogP contribution in [0.15, 0.2) is 48.7 Å². The van der Waals surface area contributed by atoms with E-state index in [-0.39, 0.29) is 23.4 Å². The zero-order valence-electron chi connectivity index (χ0n) is 18.7. The van der Waals surface area contributed by atoms with Crippen molar-refractivity contribution in [3.8, 4) is 11.4 Å². The lowest BCUT2D eigenvalue weighted by molar-refractivity contribution is -0.140. The van der Waals surface area contributed by atoms with Gasteiger partial charge in [-0.1, -0.05) is 30.3 Å². The lowest BCUT2D eigenvalue weighted by Gasteiger charge is -2.37. The van der Waals surface area contributed by atoms with Crippen molar-refractivity contribution in [2.45, 2.75) is 18.6 Å². The van der Waals surface area contributed by atoms with E-state index in [1.807, 2.05) is 30.3 Å². The van der Waals surface area contributed by atoms with Gasteiger partial charge in [0.1, 0.15) is 11.5 Å². The third-order valence-corrected chi connectivity index (χ3v) is 6.23. The molecule has 0 aliphatic carbocycles. The Hall–Kier alpha value is -3.93. The Morgan fingerprint density at radius 1 is 1.11 bits per heavy atom. The molecule has 36 heavy (non-hydrogen) atoms. The van der Waals surface area contributed by atoms with Gasteiger partial charge < -0.3 is 21.1 Å². The first-order chi connectivity index (χ1) is 17.1. The van der Waals surface area contributed by atoms with Gasteiger partial charge in [-0.3, -0.25) is 0 Å². The number of rotatable bonds is 4. The Morgan fingerprint density at radius 2 is 1.86 bits per heavy atom. The van der Waals surface area contributed by atoms with E-state index in [2.05, 4.69) is 20.3 Å². The first-order valence-corrected chi connectivity index (χ1v) is 11.1. The molecule has 1 atom stereocenters. The zero-order chi connectivity index (χ0) is 25.6. The Morgan fingerprint density at radius 3 is 2.58 bits per heavy atom. The highest BCUT2D eigenvalue weighted by Gasteiger charge is 2.38. The van der Waals surface area contributed by atoms with Crippen molar-refractivity contribution in [1.29, 1.82) is 0 Å². The maximum Gasteiger partial charge on any atom is 0.419 e. The van der Waals surface area contributed by atoms with Crippen molar-refractivity contribution in [2.24, 2.45) is 0 Å². The number of fused-ring (bicyclic) bond motifs is 1. The Kier molecular flexibility index (Phi) is 5.91. The maximum absolute atomic E-state index is 14.7. The number of nitrogen functional groups attached to an aromatic ring is 1. The number of phenols is 1. The van der Waals surface area contributed by atoms with Crippen LogP contribution in [0.4, 0.5) is 33.6 Å². The number of pyridine rings is 1. The Labute approximate surface area is 202 Å². The van der Waals surface area contributed by atoms with Gasteiger partial charge in [-0.15, -0.1) is 5.10 Å². The first-order valence-electron chi connectivity index (χ1n) is 11.1. The van der Waals surface area contributed by atoms with Crippen molar-refractivity contribution in [3.63, 3.8) is 0 Å². The van der Waals surface area contributed by atoms with Gasteiger partial charge in [-0.05, 0) is 24.1 Å².